The number of carbonyl (C=O) groups excluding carboxylic acids is 1. The summed E-state index contributed by atoms with van der Waals surface area (Å²) in [7, 11) is 1.63. The maximum atomic E-state index is 12.9. The summed E-state index contributed by atoms with van der Waals surface area (Å²) < 4.78 is 7.43. The van der Waals surface area contributed by atoms with Gasteiger partial charge in [0.15, 0.2) is 16.8 Å². The van der Waals surface area contributed by atoms with E-state index in [2.05, 4.69) is 16.8 Å². The summed E-state index contributed by atoms with van der Waals surface area (Å²) in [6, 6.07) is 13.5. The van der Waals surface area contributed by atoms with Crippen LogP contribution in [0.15, 0.2) is 60.3 Å². The number of allylic oxidation sites excluding steroid dienone is 1. The molecule has 0 saturated heterocycles. The van der Waals surface area contributed by atoms with Crippen LogP contribution in [0.5, 0.6) is 5.75 Å². The molecule has 0 aliphatic rings. The lowest BCUT2D eigenvalue weighted by molar-refractivity contribution is 0.0993. The maximum absolute atomic E-state index is 12.9. The van der Waals surface area contributed by atoms with Crippen LogP contribution in [-0.4, -0.2) is 32.9 Å². The summed E-state index contributed by atoms with van der Waals surface area (Å²) in [5.41, 5.74) is 3.85. The van der Waals surface area contributed by atoms with Crippen molar-refractivity contribution in [3.05, 3.63) is 71.8 Å². The number of rotatable bonds is 8. The van der Waals surface area contributed by atoms with Crippen LogP contribution in [-0.2, 0) is 6.54 Å². The summed E-state index contributed by atoms with van der Waals surface area (Å²) >= 11 is 1.40. The topological polar surface area (TPSA) is 57.0 Å². The van der Waals surface area contributed by atoms with Crippen molar-refractivity contribution >= 4 is 17.5 Å². The Hall–Kier alpha value is -2.86. The molecule has 1 atom stereocenters. The molecule has 0 fully saturated rings. The molecule has 29 heavy (non-hydrogen) atoms. The molecular formula is C23H25N3O2S. The Kier molecular flexibility index (Phi) is 6.54. The van der Waals surface area contributed by atoms with Crippen LogP contribution in [0.2, 0.25) is 0 Å². The van der Waals surface area contributed by atoms with Crippen molar-refractivity contribution in [2.75, 3.05) is 7.11 Å². The van der Waals surface area contributed by atoms with Gasteiger partial charge in [0.05, 0.1) is 17.9 Å². The average Bonchev–Trinajstić information content (AvgIpc) is 3.11. The predicted molar refractivity (Wildman–Crippen MR) is 118 cm³/mol. The summed E-state index contributed by atoms with van der Waals surface area (Å²) in [5.74, 6) is 1.49. The van der Waals surface area contributed by atoms with Crippen LogP contribution in [0, 0.1) is 13.8 Å². The Morgan fingerprint density at radius 1 is 1.21 bits per heavy atom. The third-order valence-electron chi connectivity index (χ3n) is 4.82. The van der Waals surface area contributed by atoms with E-state index in [1.54, 1.807) is 13.2 Å². The third kappa shape index (κ3) is 4.43. The number of ether oxygens (including phenoxy) is 1. The number of Topliss-reactive ketones (excluding diaryl/α,β-unsaturated/α-hetero) is 1. The minimum Gasteiger partial charge on any atom is -0.496 e. The van der Waals surface area contributed by atoms with Crippen molar-refractivity contribution < 1.29 is 9.53 Å². The van der Waals surface area contributed by atoms with Gasteiger partial charge >= 0.3 is 0 Å². The highest BCUT2D eigenvalue weighted by Crippen LogP contribution is 2.32. The molecule has 150 valence electrons. The molecular weight excluding hydrogens is 382 g/mol. The average molecular weight is 408 g/mol. The summed E-state index contributed by atoms with van der Waals surface area (Å²) in [4.78, 5) is 12.9. The zero-order valence-electron chi connectivity index (χ0n) is 17.2. The van der Waals surface area contributed by atoms with Gasteiger partial charge in [-0.05, 0) is 50.1 Å². The summed E-state index contributed by atoms with van der Waals surface area (Å²) in [6.45, 7) is 10.3. The van der Waals surface area contributed by atoms with Crippen LogP contribution >= 0.6 is 11.8 Å². The molecule has 1 heterocycles. The van der Waals surface area contributed by atoms with E-state index in [1.165, 1.54) is 17.3 Å². The van der Waals surface area contributed by atoms with Crippen LogP contribution in [0.3, 0.4) is 0 Å². The zero-order valence-corrected chi connectivity index (χ0v) is 18.0. The predicted octanol–water partition coefficient (Wildman–Crippen LogP) is 5.12. The Morgan fingerprint density at radius 3 is 2.66 bits per heavy atom. The van der Waals surface area contributed by atoms with E-state index in [-0.39, 0.29) is 11.0 Å². The maximum Gasteiger partial charge on any atom is 0.192 e. The molecule has 0 bridgehead atoms. The Labute approximate surface area is 175 Å². The van der Waals surface area contributed by atoms with E-state index >= 15 is 0 Å². The number of aromatic nitrogens is 3. The van der Waals surface area contributed by atoms with Crippen molar-refractivity contribution in [2.24, 2.45) is 0 Å². The molecule has 3 rings (SSSR count). The first-order valence-corrected chi connectivity index (χ1v) is 10.3. The van der Waals surface area contributed by atoms with Crippen LogP contribution in [0.4, 0.5) is 0 Å². The number of carbonyl (C=O) groups is 1. The Morgan fingerprint density at radius 2 is 1.97 bits per heavy atom. The molecule has 0 amide bonds. The molecule has 0 N–H and O–H groups in total. The van der Waals surface area contributed by atoms with Gasteiger partial charge in [-0.25, -0.2) is 0 Å². The standard InChI is InChI=1S/C23H25N3O2S/c1-6-13-26-22(19-9-7-8-10-20(19)28-5)24-25-23(26)29-17(4)21(27)18-12-11-15(2)16(3)14-18/h6-12,14,17H,1,13H2,2-5H3/t17-/m0/s1. The second kappa shape index (κ2) is 9.09. The first-order chi connectivity index (χ1) is 14.0. The number of hydrogen-bond acceptors (Lipinski definition) is 5. The van der Waals surface area contributed by atoms with E-state index in [4.69, 9.17) is 4.74 Å². The molecule has 1 aromatic heterocycles. The highest BCUT2D eigenvalue weighted by molar-refractivity contribution is 8.00. The zero-order chi connectivity index (χ0) is 21.0. The summed E-state index contributed by atoms with van der Waals surface area (Å²) in [6.07, 6.45) is 1.79. The van der Waals surface area contributed by atoms with E-state index in [1.807, 2.05) is 67.8 Å². The lowest BCUT2D eigenvalue weighted by atomic mass is 10.0. The van der Waals surface area contributed by atoms with Crippen molar-refractivity contribution in [2.45, 2.75) is 37.7 Å². The number of ketones is 1. The number of benzene rings is 2. The minimum atomic E-state index is -0.296. The van der Waals surface area contributed by atoms with E-state index in [0.717, 1.165) is 16.9 Å². The first-order valence-electron chi connectivity index (χ1n) is 9.41. The molecule has 0 saturated carbocycles. The first kappa shape index (κ1) is 20.9. The molecule has 0 unspecified atom stereocenters. The van der Waals surface area contributed by atoms with Gasteiger partial charge in [0.1, 0.15) is 5.75 Å². The van der Waals surface area contributed by atoms with E-state index in [9.17, 15) is 4.79 Å². The molecule has 0 aliphatic heterocycles. The number of para-hydroxylation sites is 1. The second-order valence-electron chi connectivity index (χ2n) is 6.83. The monoisotopic (exact) mass is 407 g/mol. The number of nitrogens with zero attached hydrogens (tertiary/aromatic N) is 3. The Balaban J connectivity index is 1.90. The van der Waals surface area contributed by atoms with Crippen molar-refractivity contribution in [3.63, 3.8) is 0 Å². The molecule has 6 heteroatoms. The SMILES string of the molecule is C=CCn1c(S[C@@H](C)C(=O)c2ccc(C)c(C)c2)nnc1-c1ccccc1OC. The van der Waals surface area contributed by atoms with Gasteiger partial charge in [-0.1, -0.05) is 42.1 Å². The highest BCUT2D eigenvalue weighted by atomic mass is 32.2. The molecule has 0 radical (unpaired) electrons. The van der Waals surface area contributed by atoms with Gasteiger partial charge in [0.2, 0.25) is 0 Å². The summed E-state index contributed by atoms with van der Waals surface area (Å²) in [5, 5.41) is 9.11. The number of thioether (sulfide) groups is 1. The fraction of sp³-hybridized carbons (Fsp3) is 0.261. The van der Waals surface area contributed by atoms with Gasteiger partial charge in [0.25, 0.3) is 0 Å². The van der Waals surface area contributed by atoms with Crippen molar-refractivity contribution in [3.8, 4) is 17.1 Å². The van der Waals surface area contributed by atoms with E-state index in [0.29, 0.717) is 23.1 Å². The van der Waals surface area contributed by atoms with Gasteiger partial charge < -0.3 is 4.74 Å². The van der Waals surface area contributed by atoms with E-state index < -0.39 is 0 Å². The lowest BCUT2D eigenvalue weighted by Gasteiger charge is -2.13. The van der Waals surface area contributed by atoms with Gasteiger partial charge in [-0.2, -0.15) is 0 Å². The minimum absolute atomic E-state index is 0.0742. The van der Waals surface area contributed by atoms with Crippen molar-refractivity contribution in [1.82, 2.24) is 14.8 Å². The highest BCUT2D eigenvalue weighted by Gasteiger charge is 2.22. The fourth-order valence-electron chi connectivity index (χ4n) is 3.04. The molecule has 3 aromatic rings. The van der Waals surface area contributed by atoms with Gasteiger partial charge in [-0.15, -0.1) is 16.8 Å². The van der Waals surface area contributed by atoms with Gasteiger partial charge in [-0.3, -0.25) is 9.36 Å². The normalized spacial score (nSPS) is 11.9. The number of aryl methyl sites for hydroxylation is 2. The third-order valence-corrected chi connectivity index (χ3v) is 5.90. The fourth-order valence-corrected chi connectivity index (χ4v) is 3.97. The van der Waals surface area contributed by atoms with Crippen molar-refractivity contribution in [1.29, 1.82) is 0 Å². The molecule has 0 spiro atoms. The molecule has 2 aromatic carbocycles. The quantitative estimate of drug-likeness (QED) is 0.295. The van der Waals surface area contributed by atoms with Crippen LogP contribution < -0.4 is 4.74 Å². The molecule has 5 nitrogen and oxygen atoms in total. The molecule has 0 aliphatic carbocycles. The lowest BCUT2D eigenvalue weighted by Crippen LogP contribution is -2.15. The van der Waals surface area contributed by atoms with Crippen LogP contribution in [0.1, 0.15) is 28.4 Å². The van der Waals surface area contributed by atoms with Gasteiger partial charge in [0, 0.05) is 12.1 Å². The Bertz CT molecular complexity index is 1040. The second-order valence-corrected chi connectivity index (χ2v) is 8.14. The van der Waals surface area contributed by atoms with Crippen LogP contribution in [0.25, 0.3) is 11.4 Å². The largest absolute Gasteiger partial charge is 0.496 e. The number of hydrogen-bond donors (Lipinski definition) is 0. The smallest absolute Gasteiger partial charge is 0.192 e. The number of methoxy groups -OCH3 is 1.